The molecule has 1 aliphatic carbocycles. The molecular formula is C11H9N3O4. The van der Waals surface area contributed by atoms with Crippen molar-refractivity contribution in [2.24, 2.45) is 5.41 Å². The van der Waals surface area contributed by atoms with Crippen LogP contribution >= 0.6 is 0 Å². The Hall–Kier alpha value is -2.62. The Kier molecular flexibility index (Phi) is 2.63. The number of carbonyl (C=O) groups is 1. The highest BCUT2D eigenvalue weighted by Gasteiger charge is 2.50. The molecule has 1 amide bonds. The predicted octanol–water partition coefficient (Wildman–Crippen LogP) is 1.54. The zero-order valence-electron chi connectivity index (χ0n) is 9.21. The quantitative estimate of drug-likeness (QED) is 0.477. The number of nitro groups is 1. The number of non-ortho nitro benzene ring substituents is 1. The van der Waals surface area contributed by atoms with Crippen LogP contribution in [0.4, 0.5) is 11.4 Å². The van der Waals surface area contributed by atoms with Gasteiger partial charge in [0.05, 0.1) is 22.7 Å². The number of phenolic OH excluding ortho intramolecular Hbond substituents is 1. The average molecular weight is 247 g/mol. The van der Waals surface area contributed by atoms with Gasteiger partial charge in [-0.2, -0.15) is 5.26 Å². The SMILES string of the molecule is N#CC1(C(=O)Nc2ccc([N+](=O)[O-])cc2O)CC1. The number of nitro benzene ring substituents is 1. The lowest BCUT2D eigenvalue weighted by molar-refractivity contribution is -0.384. The normalized spacial score (nSPS) is 15.5. The van der Waals surface area contributed by atoms with Gasteiger partial charge in [0.25, 0.3) is 5.69 Å². The lowest BCUT2D eigenvalue weighted by Gasteiger charge is -2.09. The molecular weight excluding hydrogens is 238 g/mol. The maximum atomic E-state index is 11.7. The third-order valence-electron chi connectivity index (χ3n) is 2.84. The van der Waals surface area contributed by atoms with Crippen molar-refractivity contribution < 1.29 is 14.8 Å². The molecule has 0 bridgehead atoms. The number of amides is 1. The monoisotopic (exact) mass is 247 g/mol. The highest BCUT2D eigenvalue weighted by atomic mass is 16.6. The third-order valence-corrected chi connectivity index (χ3v) is 2.84. The van der Waals surface area contributed by atoms with Crippen molar-refractivity contribution in [3.8, 4) is 11.8 Å². The Labute approximate surface area is 102 Å². The molecule has 7 nitrogen and oxygen atoms in total. The molecule has 1 aliphatic rings. The van der Waals surface area contributed by atoms with Crippen molar-refractivity contribution in [3.63, 3.8) is 0 Å². The minimum atomic E-state index is -1.01. The number of phenols is 1. The van der Waals surface area contributed by atoms with Crippen molar-refractivity contribution in [2.45, 2.75) is 12.8 Å². The molecule has 0 unspecified atom stereocenters. The Bertz CT molecular complexity index is 572. The van der Waals surface area contributed by atoms with Crippen LogP contribution < -0.4 is 5.32 Å². The largest absolute Gasteiger partial charge is 0.506 e. The van der Waals surface area contributed by atoms with Crippen LogP contribution in [-0.2, 0) is 4.79 Å². The topological polar surface area (TPSA) is 116 Å². The Morgan fingerprint density at radius 1 is 1.56 bits per heavy atom. The van der Waals surface area contributed by atoms with Gasteiger partial charge in [0.15, 0.2) is 0 Å². The van der Waals surface area contributed by atoms with E-state index in [1.807, 2.05) is 6.07 Å². The maximum Gasteiger partial charge on any atom is 0.273 e. The van der Waals surface area contributed by atoms with Gasteiger partial charge in [0.1, 0.15) is 11.2 Å². The van der Waals surface area contributed by atoms with E-state index in [0.29, 0.717) is 12.8 Å². The first-order valence-corrected chi connectivity index (χ1v) is 5.19. The van der Waals surface area contributed by atoms with Gasteiger partial charge in [-0.15, -0.1) is 0 Å². The van der Waals surface area contributed by atoms with Crippen molar-refractivity contribution in [3.05, 3.63) is 28.3 Å². The number of nitrogens with zero attached hydrogens (tertiary/aromatic N) is 2. The van der Waals surface area contributed by atoms with Crippen molar-refractivity contribution in [1.82, 2.24) is 0 Å². The van der Waals surface area contributed by atoms with E-state index < -0.39 is 22.0 Å². The molecule has 0 aliphatic heterocycles. The van der Waals surface area contributed by atoms with Gasteiger partial charge in [0, 0.05) is 6.07 Å². The fourth-order valence-corrected chi connectivity index (χ4v) is 1.50. The number of hydrogen-bond donors (Lipinski definition) is 2. The number of rotatable bonds is 3. The van der Waals surface area contributed by atoms with Crippen molar-refractivity contribution >= 4 is 17.3 Å². The highest BCUT2D eigenvalue weighted by Crippen LogP contribution is 2.46. The van der Waals surface area contributed by atoms with Gasteiger partial charge in [-0.25, -0.2) is 0 Å². The predicted molar refractivity (Wildman–Crippen MR) is 60.7 cm³/mol. The first-order chi connectivity index (χ1) is 8.48. The summed E-state index contributed by atoms with van der Waals surface area (Å²) in [5.74, 6) is -0.888. The van der Waals surface area contributed by atoms with E-state index in [1.54, 1.807) is 0 Å². The Morgan fingerprint density at radius 3 is 2.67 bits per heavy atom. The summed E-state index contributed by atoms with van der Waals surface area (Å²) in [5.41, 5.74) is -1.21. The molecule has 0 heterocycles. The Morgan fingerprint density at radius 2 is 2.22 bits per heavy atom. The van der Waals surface area contributed by atoms with Crippen LogP contribution in [0.5, 0.6) is 5.75 Å². The summed E-state index contributed by atoms with van der Waals surface area (Å²) in [6.45, 7) is 0. The van der Waals surface area contributed by atoms with E-state index in [-0.39, 0.29) is 11.4 Å². The highest BCUT2D eigenvalue weighted by molar-refractivity contribution is 6.00. The van der Waals surface area contributed by atoms with E-state index in [4.69, 9.17) is 5.26 Å². The number of carbonyl (C=O) groups excluding carboxylic acids is 1. The van der Waals surface area contributed by atoms with Gasteiger partial charge in [-0.05, 0) is 18.9 Å². The van der Waals surface area contributed by atoms with E-state index in [2.05, 4.69) is 5.32 Å². The van der Waals surface area contributed by atoms with Crippen LogP contribution in [-0.4, -0.2) is 15.9 Å². The number of aromatic hydroxyl groups is 1. The van der Waals surface area contributed by atoms with Gasteiger partial charge in [-0.1, -0.05) is 0 Å². The number of hydrogen-bond acceptors (Lipinski definition) is 5. The summed E-state index contributed by atoms with van der Waals surface area (Å²) in [6, 6.07) is 5.27. The maximum absolute atomic E-state index is 11.7. The zero-order valence-corrected chi connectivity index (χ0v) is 9.21. The zero-order chi connectivity index (χ0) is 13.3. The average Bonchev–Trinajstić information content (AvgIpc) is 3.12. The van der Waals surface area contributed by atoms with E-state index in [9.17, 15) is 20.0 Å². The summed E-state index contributed by atoms with van der Waals surface area (Å²) < 4.78 is 0. The second-order valence-electron chi connectivity index (χ2n) is 4.11. The summed E-state index contributed by atoms with van der Waals surface area (Å²) in [4.78, 5) is 21.5. The number of anilines is 1. The van der Waals surface area contributed by atoms with Crippen LogP contribution in [0.15, 0.2) is 18.2 Å². The second kappa shape index (κ2) is 4.00. The molecule has 0 atom stereocenters. The van der Waals surface area contributed by atoms with E-state index in [0.717, 1.165) is 6.07 Å². The summed E-state index contributed by atoms with van der Waals surface area (Å²) in [5, 5.41) is 31.2. The number of nitrogens with one attached hydrogen (secondary N) is 1. The Balaban J connectivity index is 2.18. The lowest BCUT2D eigenvalue weighted by Crippen LogP contribution is -2.22. The van der Waals surface area contributed by atoms with Crippen LogP contribution in [0, 0.1) is 26.9 Å². The fourth-order valence-electron chi connectivity index (χ4n) is 1.50. The molecule has 0 radical (unpaired) electrons. The van der Waals surface area contributed by atoms with Crippen LogP contribution in [0.2, 0.25) is 0 Å². The fraction of sp³-hybridized carbons (Fsp3) is 0.273. The molecule has 1 aromatic rings. The third kappa shape index (κ3) is 1.96. The first-order valence-electron chi connectivity index (χ1n) is 5.19. The summed E-state index contributed by atoms with van der Waals surface area (Å²) >= 11 is 0. The minimum absolute atomic E-state index is 0.0622. The van der Waals surface area contributed by atoms with Gasteiger partial charge in [-0.3, -0.25) is 14.9 Å². The molecule has 92 valence electrons. The van der Waals surface area contributed by atoms with Gasteiger partial charge >= 0.3 is 0 Å². The van der Waals surface area contributed by atoms with E-state index >= 15 is 0 Å². The summed E-state index contributed by atoms with van der Waals surface area (Å²) in [7, 11) is 0. The van der Waals surface area contributed by atoms with Crippen LogP contribution in [0.1, 0.15) is 12.8 Å². The van der Waals surface area contributed by atoms with Crippen LogP contribution in [0.25, 0.3) is 0 Å². The lowest BCUT2D eigenvalue weighted by atomic mass is 10.1. The molecule has 1 saturated carbocycles. The molecule has 0 aromatic heterocycles. The van der Waals surface area contributed by atoms with Gasteiger partial charge < -0.3 is 10.4 Å². The number of benzene rings is 1. The standard InChI is InChI=1S/C11H9N3O4/c12-6-11(3-4-11)10(16)13-8-2-1-7(14(17)18)5-9(8)15/h1-2,5,15H,3-4H2,(H,13,16). The molecule has 2 rings (SSSR count). The molecule has 1 fully saturated rings. The molecule has 7 heteroatoms. The van der Waals surface area contributed by atoms with Gasteiger partial charge in [0.2, 0.25) is 5.91 Å². The molecule has 2 N–H and O–H groups in total. The molecule has 0 spiro atoms. The first kappa shape index (κ1) is 11.9. The van der Waals surface area contributed by atoms with Crippen LogP contribution in [0.3, 0.4) is 0 Å². The van der Waals surface area contributed by atoms with Crippen molar-refractivity contribution in [1.29, 1.82) is 5.26 Å². The van der Waals surface area contributed by atoms with Crippen molar-refractivity contribution in [2.75, 3.05) is 5.32 Å². The van der Waals surface area contributed by atoms with E-state index in [1.165, 1.54) is 12.1 Å². The summed E-state index contributed by atoms with van der Waals surface area (Å²) in [6.07, 6.45) is 0.978. The second-order valence-corrected chi connectivity index (χ2v) is 4.11. The minimum Gasteiger partial charge on any atom is -0.506 e. The molecule has 18 heavy (non-hydrogen) atoms. The molecule has 1 aromatic carbocycles. The number of nitriles is 1. The smallest absolute Gasteiger partial charge is 0.273 e. The molecule has 0 saturated heterocycles.